The molecule has 5 heteroatoms. The van der Waals surface area contributed by atoms with E-state index in [-0.39, 0.29) is 11.6 Å². The molecule has 0 bridgehead atoms. The number of hydrogen-bond acceptors (Lipinski definition) is 2. The number of amides is 1. The van der Waals surface area contributed by atoms with Crippen LogP contribution in [0, 0.1) is 18.6 Å². The van der Waals surface area contributed by atoms with Gasteiger partial charge in [0.2, 0.25) is 0 Å². The summed E-state index contributed by atoms with van der Waals surface area (Å²) in [5, 5.41) is 2.42. The van der Waals surface area contributed by atoms with Crippen molar-refractivity contribution in [3.05, 3.63) is 59.2 Å². The van der Waals surface area contributed by atoms with Crippen molar-refractivity contribution < 1.29 is 18.3 Å². The molecule has 24 heavy (non-hydrogen) atoms. The van der Waals surface area contributed by atoms with E-state index in [9.17, 15) is 13.6 Å². The Hall–Kier alpha value is -2.43. The topological polar surface area (TPSA) is 38.3 Å². The Labute approximate surface area is 140 Å². The van der Waals surface area contributed by atoms with E-state index in [1.54, 1.807) is 6.92 Å². The van der Waals surface area contributed by atoms with Crippen LogP contribution in [0.4, 0.5) is 14.5 Å². The van der Waals surface area contributed by atoms with Crippen LogP contribution in [0.25, 0.3) is 0 Å². The SMILES string of the molecule is Cc1ccc(C(C)C)c(O[C@H](C)C(=O)Nc2ccc(F)cc2F)c1. The van der Waals surface area contributed by atoms with Gasteiger partial charge in [-0.3, -0.25) is 4.79 Å². The lowest BCUT2D eigenvalue weighted by Crippen LogP contribution is -2.30. The molecule has 2 aromatic carbocycles. The molecule has 2 rings (SSSR count). The summed E-state index contributed by atoms with van der Waals surface area (Å²) in [6.45, 7) is 7.60. The summed E-state index contributed by atoms with van der Waals surface area (Å²) in [4.78, 5) is 12.2. The second-order valence-electron chi connectivity index (χ2n) is 6.07. The van der Waals surface area contributed by atoms with Crippen LogP contribution in [0.3, 0.4) is 0 Å². The van der Waals surface area contributed by atoms with Crippen molar-refractivity contribution in [2.24, 2.45) is 0 Å². The number of benzene rings is 2. The van der Waals surface area contributed by atoms with Crippen LogP contribution in [0.15, 0.2) is 36.4 Å². The molecule has 0 aromatic heterocycles. The summed E-state index contributed by atoms with van der Waals surface area (Å²) >= 11 is 0. The van der Waals surface area contributed by atoms with Crippen molar-refractivity contribution in [1.82, 2.24) is 0 Å². The number of rotatable bonds is 5. The summed E-state index contributed by atoms with van der Waals surface area (Å²) in [5.74, 6) is -1.15. The highest BCUT2D eigenvalue weighted by Crippen LogP contribution is 2.28. The van der Waals surface area contributed by atoms with Crippen LogP contribution in [0.1, 0.15) is 37.8 Å². The number of ether oxygens (including phenoxy) is 1. The zero-order chi connectivity index (χ0) is 17.9. The van der Waals surface area contributed by atoms with Gasteiger partial charge < -0.3 is 10.1 Å². The van der Waals surface area contributed by atoms with Crippen molar-refractivity contribution >= 4 is 11.6 Å². The van der Waals surface area contributed by atoms with Crippen LogP contribution in [-0.2, 0) is 4.79 Å². The maximum Gasteiger partial charge on any atom is 0.265 e. The van der Waals surface area contributed by atoms with Crippen LogP contribution in [-0.4, -0.2) is 12.0 Å². The second-order valence-corrected chi connectivity index (χ2v) is 6.07. The molecular formula is C19H21F2NO2. The van der Waals surface area contributed by atoms with Crippen LogP contribution >= 0.6 is 0 Å². The van der Waals surface area contributed by atoms with Gasteiger partial charge in [-0.2, -0.15) is 0 Å². The highest BCUT2D eigenvalue weighted by Gasteiger charge is 2.19. The van der Waals surface area contributed by atoms with Crippen LogP contribution in [0.2, 0.25) is 0 Å². The van der Waals surface area contributed by atoms with Gasteiger partial charge in [-0.25, -0.2) is 8.78 Å². The van der Waals surface area contributed by atoms with Crippen LogP contribution < -0.4 is 10.1 Å². The number of hydrogen-bond donors (Lipinski definition) is 1. The lowest BCUT2D eigenvalue weighted by molar-refractivity contribution is -0.122. The van der Waals surface area contributed by atoms with Gasteiger partial charge in [0, 0.05) is 6.07 Å². The quantitative estimate of drug-likeness (QED) is 0.853. The van der Waals surface area contributed by atoms with E-state index >= 15 is 0 Å². The number of aryl methyl sites for hydroxylation is 1. The summed E-state index contributed by atoms with van der Waals surface area (Å²) < 4.78 is 32.3. The molecule has 0 unspecified atom stereocenters. The van der Waals surface area contributed by atoms with Gasteiger partial charge in [0.05, 0.1) is 5.69 Å². The van der Waals surface area contributed by atoms with Gasteiger partial charge in [0.15, 0.2) is 6.10 Å². The standard InChI is InChI=1S/C19H21F2NO2/c1-11(2)15-7-5-12(3)9-18(15)24-13(4)19(23)22-17-8-6-14(20)10-16(17)21/h5-11,13H,1-4H3,(H,22,23)/t13-/m1/s1. The first kappa shape index (κ1) is 17.9. The lowest BCUT2D eigenvalue weighted by atomic mass is 10.0. The largest absolute Gasteiger partial charge is 0.481 e. The van der Waals surface area contributed by atoms with Gasteiger partial charge in [-0.05, 0) is 49.1 Å². The Morgan fingerprint density at radius 1 is 1.08 bits per heavy atom. The molecule has 128 valence electrons. The van der Waals surface area contributed by atoms with E-state index in [4.69, 9.17) is 4.74 Å². The number of halogens is 2. The first-order valence-corrected chi connectivity index (χ1v) is 7.81. The van der Waals surface area contributed by atoms with Gasteiger partial charge >= 0.3 is 0 Å². The van der Waals surface area contributed by atoms with Crippen LogP contribution in [0.5, 0.6) is 5.75 Å². The van der Waals surface area contributed by atoms with E-state index in [2.05, 4.69) is 5.32 Å². The fourth-order valence-corrected chi connectivity index (χ4v) is 2.29. The fourth-order valence-electron chi connectivity index (χ4n) is 2.29. The number of nitrogens with one attached hydrogen (secondary N) is 1. The summed E-state index contributed by atoms with van der Waals surface area (Å²) in [7, 11) is 0. The third kappa shape index (κ3) is 4.31. The van der Waals surface area contributed by atoms with Crippen molar-refractivity contribution in [1.29, 1.82) is 0 Å². The van der Waals surface area contributed by atoms with Gasteiger partial charge in [-0.15, -0.1) is 0 Å². The molecule has 0 radical (unpaired) electrons. The zero-order valence-electron chi connectivity index (χ0n) is 14.2. The van der Waals surface area contributed by atoms with Crippen molar-refractivity contribution in [2.75, 3.05) is 5.32 Å². The Kier molecular flexibility index (Phi) is 5.54. The van der Waals surface area contributed by atoms with Crippen molar-refractivity contribution in [3.63, 3.8) is 0 Å². The molecule has 3 nitrogen and oxygen atoms in total. The van der Waals surface area contributed by atoms with E-state index in [0.29, 0.717) is 5.75 Å². The minimum Gasteiger partial charge on any atom is -0.481 e. The Morgan fingerprint density at radius 2 is 1.79 bits per heavy atom. The summed E-state index contributed by atoms with van der Waals surface area (Å²) in [6, 6.07) is 8.82. The molecule has 1 amide bonds. The molecule has 0 spiro atoms. The van der Waals surface area contributed by atoms with E-state index in [1.165, 1.54) is 6.07 Å². The summed E-state index contributed by atoms with van der Waals surface area (Å²) in [6.07, 6.45) is -0.825. The van der Waals surface area contributed by atoms with Gasteiger partial charge in [0.25, 0.3) is 5.91 Å². The molecule has 0 heterocycles. The maximum absolute atomic E-state index is 13.6. The Morgan fingerprint density at radius 3 is 2.42 bits per heavy atom. The fraction of sp³-hybridized carbons (Fsp3) is 0.316. The minimum atomic E-state index is -0.825. The first-order chi connectivity index (χ1) is 11.3. The number of anilines is 1. The molecule has 0 aliphatic rings. The van der Waals surface area contributed by atoms with E-state index < -0.39 is 23.6 Å². The van der Waals surface area contributed by atoms with Crippen molar-refractivity contribution in [3.8, 4) is 5.75 Å². The first-order valence-electron chi connectivity index (χ1n) is 7.81. The normalized spacial score (nSPS) is 12.1. The molecule has 1 atom stereocenters. The van der Waals surface area contributed by atoms with E-state index in [1.807, 2.05) is 39.0 Å². The molecule has 0 fully saturated rings. The monoisotopic (exact) mass is 333 g/mol. The van der Waals surface area contributed by atoms with Crippen molar-refractivity contribution in [2.45, 2.75) is 39.7 Å². The average molecular weight is 333 g/mol. The molecule has 0 aliphatic carbocycles. The average Bonchev–Trinajstić information content (AvgIpc) is 2.49. The Balaban J connectivity index is 2.13. The zero-order valence-corrected chi connectivity index (χ0v) is 14.2. The lowest BCUT2D eigenvalue weighted by Gasteiger charge is -2.19. The molecule has 0 aliphatic heterocycles. The molecule has 0 saturated heterocycles. The minimum absolute atomic E-state index is 0.0785. The third-order valence-corrected chi connectivity index (χ3v) is 3.65. The predicted molar refractivity (Wildman–Crippen MR) is 90.3 cm³/mol. The molecular weight excluding hydrogens is 312 g/mol. The molecule has 1 N–H and O–H groups in total. The predicted octanol–water partition coefficient (Wildman–Crippen LogP) is 4.80. The smallest absolute Gasteiger partial charge is 0.265 e. The van der Waals surface area contributed by atoms with Gasteiger partial charge in [-0.1, -0.05) is 26.0 Å². The highest BCUT2D eigenvalue weighted by molar-refractivity contribution is 5.94. The highest BCUT2D eigenvalue weighted by atomic mass is 19.1. The van der Waals surface area contributed by atoms with E-state index in [0.717, 1.165) is 23.3 Å². The Bertz CT molecular complexity index is 744. The third-order valence-electron chi connectivity index (χ3n) is 3.65. The molecule has 2 aromatic rings. The maximum atomic E-state index is 13.6. The number of carbonyl (C=O) groups excluding carboxylic acids is 1. The second kappa shape index (κ2) is 7.43. The van der Waals surface area contributed by atoms with Gasteiger partial charge in [0.1, 0.15) is 17.4 Å². The number of carbonyl (C=O) groups is 1. The summed E-state index contributed by atoms with van der Waals surface area (Å²) in [5.41, 5.74) is 1.94. The molecule has 0 saturated carbocycles.